The zero-order valence-electron chi connectivity index (χ0n) is 16.6. The number of aromatic nitrogens is 2. The maximum atomic E-state index is 11.6. The Balaban J connectivity index is 1.62. The number of primary amides is 1. The Morgan fingerprint density at radius 1 is 1.20 bits per heavy atom. The Kier molecular flexibility index (Phi) is 5.97. The first-order valence-corrected chi connectivity index (χ1v) is 10.4. The number of carbonyl (C=O) groups excluding carboxylic acids is 1. The molecule has 0 saturated carbocycles. The highest BCUT2D eigenvalue weighted by molar-refractivity contribution is 6.30. The van der Waals surface area contributed by atoms with E-state index in [4.69, 9.17) is 23.1 Å². The Bertz CT molecular complexity index is 1050. The van der Waals surface area contributed by atoms with Crippen LogP contribution in [-0.4, -0.2) is 33.9 Å². The number of nitrogen functional groups attached to an aromatic ring is 1. The first-order chi connectivity index (χ1) is 14.5. The molecule has 7 heteroatoms. The van der Waals surface area contributed by atoms with Crippen molar-refractivity contribution < 1.29 is 4.79 Å². The molecule has 4 rings (SSSR count). The maximum Gasteiger partial charge on any atom is 0.248 e. The van der Waals surface area contributed by atoms with Crippen molar-refractivity contribution in [1.29, 1.82) is 0 Å². The van der Waals surface area contributed by atoms with Crippen LogP contribution in [0.2, 0.25) is 5.02 Å². The molecule has 2 heterocycles. The van der Waals surface area contributed by atoms with Gasteiger partial charge in [0.1, 0.15) is 0 Å². The summed E-state index contributed by atoms with van der Waals surface area (Å²) in [7, 11) is 0. The van der Waals surface area contributed by atoms with E-state index in [1.54, 1.807) is 18.3 Å². The van der Waals surface area contributed by atoms with Gasteiger partial charge in [-0.05, 0) is 61.2 Å². The molecule has 1 atom stereocenters. The number of hydrogen-bond acceptors (Lipinski definition) is 5. The number of likely N-dealkylation sites (tertiary alicyclic amines) is 1. The van der Waals surface area contributed by atoms with Crippen LogP contribution in [0.1, 0.15) is 40.5 Å². The number of nitrogens with two attached hydrogens (primary N) is 2. The average molecular weight is 422 g/mol. The highest BCUT2D eigenvalue weighted by atomic mass is 35.5. The van der Waals surface area contributed by atoms with Crippen molar-refractivity contribution in [2.75, 3.05) is 18.8 Å². The van der Waals surface area contributed by atoms with Crippen molar-refractivity contribution in [3.8, 4) is 11.1 Å². The van der Waals surface area contributed by atoms with Gasteiger partial charge in [0.05, 0.1) is 11.7 Å². The van der Waals surface area contributed by atoms with E-state index in [2.05, 4.69) is 27.0 Å². The Morgan fingerprint density at radius 3 is 2.77 bits per heavy atom. The summed E-state index contributed by atoms with van der Waals surface area (Å²) >= 11 is 6.00. The van der Waals surface area contributed by atoms with Crippen LogP contribution < -0.4 is 11.5 Å². The minimum atomic E-state index is -0.458. The van der Waals surface area contributed by atoms with Gasteiger partial charge in [-0.25, -0.2) is 9.97 Å². The molecule has 6 nitrogen and oxygen atoms in total. The molecule has 0 spiro atoms. The van der Waals surface area contributed by atoms with Gasteiger partial charge >= 0.3 is 0 Å². The molecule has 154 valence electrons. The first kappa shape index (κ1) is 20.3. The predicted octanol–water partition coefficient (Wildman–Crippen LogP) is 3.86. The third kappa shape index (κ3) is 4.45. The lowest BCUT2D eigenvalue weighted by Crippen LogP contribution is -2.27. The zero-order valence-corrected chi connectivity index (χ0v) is 17.3. The molecule has 1 saturated heterocycles. The topological polar surface area (TPSA) is 98.1 Å². The Labute approximate surface area is 180 Å². The van der Waals surface area contributed by atoms with Gasteiger partial charge in [0.2, 0.25) is 11.9 Å². The zero-order chi connectivity index (χ0) is 21.1. The molecule has 1 aliphatic rings. The third-order valence-electron chi connectivity index (χ3n) is 5.58. The quantitative estimate of drug-likeness (QED) is 0.629. The Hall–Kier alpha value is -2.96. The van der Waals surface area contributed by atoms with Gasteiger partial charge in [0.25, 0.3) is 0 Å². The summed E-state index contributed by atoms with van der Waals surface area (Å²) in [4.78, 5) is 22.9. The van der Waals surface area contributed by atoms with E-state index in [-0.39, 0.29) is 12.0 Å². The molecule has 2 aromatic carbocycles. The summed E-state index contributed by atoms with van der Waals surface area (Å²) in [5.74, 6) is -0.204. The SMILES string of the molecule is NC(=O)c1cccc(-c2cnc(N)nc2C2CCCN2CCc2ccc(Cl)cc2)c1. The summed E-state index contributed by atoms with van der Waals surface area (Å²) in [6.07, 6.45) is 4.77. The van der Waals surface area contributed by atoms with Crippen LogP contribution in [-0.2, 0) is 6.42 Å². The second-order valence-electron chi connectivity index (χ2n) is 7.54. The van der Waals surface area contributed by atoms with Gasteiger partial charge < -0.3 is 11.5 Å². The standard InChI is InChI=1S/C23H24ClN5O/c24-18-8-6-15(7-9-18)10-12-29-11-2-5-20(29)21-19(14-27-23(26)28-21)16-3-1-4-17(13-16)22(25)30/h1,3-4,6-9,13-14,20H,2,5,10-12H2,(H2,25,30)(H2,26,27,28). The highest BCUT2D eigenvalue weighted by Crippen LogP contribution is 2.37. The molecule has 3 aromatic rings. The molecule has 1 aromatic heterocycles. The summed E-state index contributed by atoms with van der Waals surface area (Å²) in [5, 5.41) is 0.747. The van der Waals surface area contributed by atoms with Crippen molar-refractivity contribution in [1.82, 2.24) is 14.9 Å². The van der Waals surface area contributed by atoms with Crippen molar-refractivity contribution in [3.05, 3.63) is 76.6 Å². The largest absolute Gasteiger partial charge is 0.368 e. The minimum Gasteiger partial charge on any atom is -0.368 e. The summed E-state index contributed by atoms with van der Waals surface area (Å²) in [6, 6.07) is 15.4. The molecule has 0 bridgehead atoms. The number of nitrogens with zero attached hydrogens (tertiary/aromatic N) is 3. The molecule has 1 unspecified atom stereocenters. The minimum absolute atomic E-state index is 0.148. The number of benzene rings is 2. The van der Waals surface area contributed by atoms with E-state index in [0.29, 0.717) is 5.56 Å². The van der Waals surface area contributed by atoms with Crippen LogP contribution in [0.3, 0.4) is 0 Å². The monoisotopic (exact) mass is 421 g/mol. The summed E-state index contributed by atoms with van der Waals surface area (Å²) < 4.78 is 0. The smallest absolute Gasteiger partial charge is 0.248 e. The second kappa shape index (κ2) is 8.81. The normalized spacial score (nSPS) is 16.6. The van der Waals surface area contributed by atoms with Crippen LogP contribution in [0.15, 0.2) is 54.7 Å². The molecule has 1 aliphatic heterocycles. The van der Waals surface area contributed by atoms with Crippen LogP contribution >= 0.6 is 11.6 Å². The number of halogens is 1. The highest BCUT2D eigenvalue weighted by Gasteiger charge is 2.29. The van der Waals surface area contributed by atoms with E-state index in [1.165, 1.54) is 5.56 Å². The number of hydrogen-bond donors (Lipinski definition) is 2. The number of rotatable bonds is 6. The number of carbonyl (C=O) groups is 1. The number of amides is 1. The van der Waals surface area contributed by atoms with Gasteiger partial charge in [0.15, 0.2) is 0 Å². The lowest BCUT2D eigenvalue weighted by Gasteiger charge is -2.26. The van der Waals surface area contributed by atoms with E-state index < -0.39 is 5.91 Å². The lowest BCUT2D eigenvalue weighted by atomic mass is 9.98. The van der Waals surface area contributed by atoms with Crippen molar-refractivity contribution in [3.63, 3.8) is 0 Å². The fourth-order valence-electron chi connectivity index (χ4n) is 4.05. The predicted molar refractivity (Wildman–Crippen MR) is 119 cm³/mol. The van der Waals surface area contributed by atoms with Gasteiger partial charge in [-0.2, -0.15) is 0 Å². The van der Waals surface area contributed by atoms with E-state index in [0.717, 1.165) is 54.2 Å². The molecule has 1 amide bonds. The van der Waals surface area contributed by atoms with Crippen molar-refractivity contribution in [2.24, 2.45) is 5.73 Å². The second-order valence-corrected chi connectivity index (χ2v) is 7.98. The fourth-order valence-corrected chi connectivity index (χ4v) is 4.18. The van der Waals surface area contributed by atoms with Crippen molar-refractivity contribution >= 4 is 23.5 Å². The van der Waals surface area contributed by atoms with Gasteiger partial charge in [-0.15, -0.1) is 0 Å². The van der Waals surface area contributed by atoms with Crippen LogP contribution in [0, 0.1) is 0 Å². The maximum absolute atomic E-state index is 11.6. The van der Waals surface area contributed by atoms with E-state index in [9.17, 15) is 4.79 Å². The first-order valence-electron chi connectivity index (χ1n) is 10.0. The molecule has 30 heavy (non-hydrogen) atoms. The van der Waals surface area contributed by atoms with Gasteiger partial charge in [0, 0.05) is 28.9 Å². The molecule has 0 radical (unpaired) electrons. The van der Waals surface area contributed by atoms with Crippen LogP contribution in [0.5, 0.6) is 0 Å². The fraction of sp³-hybridized carbons (Fsp3) is 0.261. The summed E-state index contributed by atoms with van der Waals surface area (Å²) in [5.41, 5.74) is 15.8. The van der Waals surface area contributed by atoms with Gasteiger partial charge in [-0.3, -0.25) is 9.69 Å². The Morgan fingerprint density at radius 2 is 2.00 bits per heavy atom. The third-order valence-corrected chi connectivity index (χ3v) is 5.83. The van der Waals surface area contributed by atoms with Crippen molar-refractivity contribution in [2.45, 2.75) is 25.3 Å². The average Bonchev–Trinajstić information content (AvgIpc) is 3.22. The van der Waals surface area contributed by atoms with Crippen LogP contribution in [0.4, 0.5) is 5.95 Å². The molecule has 1 fully saturated rings. The summed E-state index contributed by atoms with van der Waals surface area (Å²) in [6.45, 7) is 1.92. The van der Waals surface area contributed by atoms with Crippen LogP contribution in [0.25, 0.3) is 11.1 Å². The van der Waals surface area contributed by atoms with E-state index >= 15 is 0 Å². The van der Waals surface area contributed by atoms with E-state index in [1.807, 2.05) is 24.3 Å². The molecule has 0 aliphatic carbocycles. The lowest BCUT2D eigenvalue weighted by molar-refractivity contribution is 0.100. The molecule has 4 N–H and O–H groups in total. The number of anilines is 1. The molecular weight excluding hydrogens is 398 g/mol. The van der Waals surface area contributed by atoms with Gasteiger partial charge in [-0.1, -0.05) is 35.9 Å². The molecular formula is C23H24ClN5O.